The van der Waals surface area contributed by atoms with E-state index >= 15 is 0 Å². The molecule has 1 aromatic carbocycles. The molecule has 20 heteroatoms. The molecule has 72 heavy (non-hydrogen) atoms. The lowest BCUT2D eigenvalue weighted by molar-refractivity contribution is -0.132. The molecule has 6 atom stereocenters. The molecule has 5 heterocycles. The van der Waals surface area contributed by atoms with Crippen LogP contribution in [0, 0.1) is 11.8 Å². The van der Waals surface area contributed by atoms with Crippen molar-refractivity contribution in [3.05, 3.63) is 35.4 Å². The number of ether oxygens (including phenoxy) is 13. The average Bonchev–Trinajstić information content (AvgIpc) is 3.85. The number of benzene rings is 1. The van der Waals surface area contributed by atoms with Crippen LogP contribution in [0.1, 0.15) is 50.5 Å². The molecule has 406 valence electrons. The highest BCUT2D eigenvalue weighted by molar-refractivity contribution is 6.00. The van der Waals surface area contributed by atoms with E-state index < -0.39 is 0 Å². The van der Waals surface area contributed by atoms with Crippen molar-refractivity contribution < 1.29 is 76.0 Å². The number of methoxy groups -OCH3 is 1. The summed E-state index contributed by atoms with van der Waals surface area (Å²) in [4.78, 5) is 43.9. The molecular formula is C52H82N4O16. The van der Waals surface area contributed by atoms with Gasteiger partial charge in [-0.2, -0.15) is 0 Å². The van der Waals surface area contributed by atoms with E-state index in [9.17, 15) is 14.4 Å². The molecule has 3 saturated heterocycles. The topological polar surface area (TPSA) is 202 Å². The number of unbranched alkanes of at least 4 members (excludes halogenated alkanes) is 1. The number of amides is 3. The van der Waals surface area contributed by atoms with Crippen molar-refractivity contribution in [3.8, 4) is 0 Å². The van der Waals surface area contributed by atoms with Crippen molar-refractivity contribution in [2.75, 3.05) is 196 Å². The Morgan fingerprint density at radius 1 is 0.667 bits per heavy atom. The van der Waals surface area contributed by atoms with Crippen molar-refractivity contribution in [1.82, 2.24) is 10.2 Å². The second kappa shape index (κ2) is 31.6. The maximum absolute atomic E-state index is 13.8. The smallest absolute Gasteiger partial charge is 0.229 e. The minimum Gasteiger partial charge on any atom is -0.382 e. The minimum atomic E-state index is -0.141. The Balaban J connectivity index is 0.592. The van der Waals surface area contributed by atoms with Crippen molar-refractivity contribution in [2.24, 2.45) is 11.8 Å². The third-order valence-corrected chi connectivity index (χ3v) is 14.4. The van der Waals surface area contributed by atoms with Crippen molar-refractivity contribution in [2.45, 2.75) is 68.5 Å². The number of fused-ring (bicyclic) bond motifs is 2. The van der Waals surface area contributed by atoms with Crippen LogP contribution in [0.15, 0.2) is 29.8 Å². The Hall–Kier alpha value is -3.19. The van der Waals surface area contributed by atoms with Crippen LogP contribution in [0.5, 0.6) is 0 Å². The van der Waals surface area contributed by atoms with Gasteiger partial charge in [0.05, 0.1) is 177 Å². The van der Waals surface area contributed by atoms with Crippen molar-refractivity contribution >= 4 is 29.1 Å². The first-order chi connectivity index (χ1) is 35.5. The molecule has 6 aliphatic rings. The zero-order valence-electron chi connectivity index (χ0n) is 42.7. The number of nitrogens with zero attached hydrogens (tertiary/aromatic N) is 2. The van der Waals surface area contributed by atoms with Crippen LogP contribution in [0.3, 0.4) is 0 Å². The van der Waals surface area contributed by atoms with Gasteiger partial charge in [-0.3, -0.25) is 19.3 Å². The molecule has 1 aliphatic carbocycles. The highest BCUT2D eigenvalue weighted by atomic mass is 16.6. The lowest BCUT2D eigenvalue weighted by Gasteiger charge is -2.58. The number of rotatable bonds is 42. The number of hydrogen-bond donors (Lipinski definition) is 2. The van der Waals surface area contributed by atoms with Gasteiger partial charge in [-0.1, -0.05) is 11.6 Å². The summed E-state index contributed by atoms with van der Waals surface area (Å²) in [5, 5.41) is 6.06. The molecule has 4 fully saturated rings. The van der Waals surface area contributed by atoms with Crippen LogP contribution < -0.4 is 15.5 Å². The SMILES string of the molecule is COCCOCCOCCOCCOCCOCCOCCOCCOCCOCCOCCOCCC(=O)NCCCCC(=O)Nc1ccc2c(c1)[C@@]13CCN4CC5=CCO[C@H]6CC(=O)N2[C@H]1[C@H]6[C@H]5C[C@H]43. The fourth-order valence-electron chi connectivity index (χ4n) is 11.2. The minimum absolute atomic E-state index is 0.0388. The van der Waals surface area contributed by atoms with Crippen LogP contribution in [0.25, 0.3) is 0 Å². The summed E-state index contributed by atoms with van der Waals surface area (Å²) >= 11 is 0. The lowest BCUT2D eigenvalue weighted by Crippen LogP contribution is -2.69. The van der Waals surface area contributed by atoms with E-state index in [1.54, 1.807) is 7.11 Å². The highest BCUT2D eigenvalue weighted by Crippen LogP contribution is 2.66. The van der Waals surface area contributed by atoms with E-state index in [-0.39, 0.29) is 41.7 Å². The van der Waals surface area contributed by atoms with E-state index in [1.807, 2.05) is 6.07 Å². The fourth-order valence-corrected chi connectivity index (χ4v) is 11.2. The van der Waals surface area contributed by atoms with E-state index in [1.165, 1.54) is 11.1 Å². The van der Waals surface area contributed by atoms with Gasteiger partial charge in [0.15, 0.2) is 0 Å². The Labute approximate surface area is 425 Å². The maximum Gasteiger partial charge on any atom is 0.229 e. The van der Waals surface area contributed by atoms with E-state index in [0.717, 1.165) is 37.3 Å². The first-order valence-electron chi connectivity index (χ1n) is 26.4. The van der Waals surface area contributed by atoms with Gasteiger partial charge < -0.3 is 77.1 Å². The van der Waals surface area contributed by atoms with Crippen LogP contribution >= 0.6 is 0 Å². The summed E-state index contributed by atoms with van der Waals surface area (Å²) in [7, 11) is 1.64. The first kappa shape index (κ1) is 56.5. The Bertz CT molecular complexity index is 1810. The zero-order chi connectivity index (χ0) is 50.1. The van der Waals surface area contributed by atoms with Gasteiger partial charge >= 0.3 is 0 Å². The summed E-state index contributed by atoms with van der Waals surface area (Å²) in [6.07, 6.45) is 6.77. The number of piperidine rings is 2. The predicted octanol–water partition coefficient (Wildman–Crippen LogP) is 2.54. The maximum atomic E-state index is 13.8. The summed E-state index contributed by atoms with van der Waals surface area (Å²) in [6.45, 7) is 14.2. The van der Waals surface area contributed by atoms with Gasteiger partial charge in [0, 0.05) is 61.8 Å². The number of carbonyl (C=O) groups is 3. The summed E-state index contributed by atoms with van der Waals surface area (Å²) in [5.41, 5.74) is 4.38. The number of hydrogen-bond acceptors (Lipinski definition) is 17. The van der Waals surface area contributed by atoms with Crippen LogP contribution in [0.4, 0.5) is 11.4 Å². The second-order valence-corrected chi connectivity index (χ2v) is 18.8. The number of anilines is 2. The molecule has 7 rings (SSSR count). The van der Waals surface area contributed by atoms with Crippen molar-refractivity contribution in [1.29, 1.82) is 0 Å². The molecule has 20 nitrogen and oxygen atoms in total. The zero-order valence-corrected chi connectivity index (χ0v) is 42.7. The molecule has 1 saturated carbocycles. The third-order valence-electron chi connectivity index (χ3n) is 14.4. The Kier molecular flexibility index (Phi) is 24.8. The standard InChI is InChI=1S/C52H82N4O16/c1-60-14-15-62-18-19-64-22-23-66-26-27-68-30-31-70-34-35-71-33-32-69-29-28-67-25-24-65-21-20-63-17-16-61-12-8-47(57)53-10-3-2-4-48(58)54-41-5-6-44-43(36-41)52-9-11-55-39-40-7-13-72-45-38-49(59)56(44)51(52)50(45)42(40)37-46(52)55/h5-7,36,42,45-46,50-51H,2-4,8-35,37-39H2,1H3,(H,53,57)(H,54,58)/t42-,45-,46-,50-,51-,52+/m0/s1. The molecule has 3 amide bonds. The monoisotopic (exact) mass is 1020 g/mol. The van der Waals surface area contributed by atoms with Gasteiger partial charge in [-0.25, -0.2) is 0 Å². The van der Waals surface area contributed by atoms with E-state index in [0.29, 0.717) is 209 Å². The highest BCUT2D eigenvalue weighted by Gasteiger charge is 2.71. The van der Waals surface area contributed by atoms with Gasteiger partial charge in [0.2, 0.25) is 17.7 Å². The quantitative estimate of drug-likeness (QED) is 0.0714. The van der Waals surface area contributed by atoms with Gasteiger partial charge in [0.25, 0.3) is 0 Å². The molecule has 2 bridgehead atoms. The van der Waals surface area contributed by atoms with Gasteiger partial charge in [-0.15, -0.1) is 0 Å². The normalized spacial score (nSPS) is 23.6. The molecule has 0 aromatic heterocycles. The van der Waals surface area contributed by atoms with Crippen LogP contribution in [0.2, 0.25) is 0 Å². The first-order valence-corrected chi connectivity index (χ1v) is 26.4. The molecule has 0 radical (unpaired) electrons. The van der Waals surface area contributed by atoms with Gasteiger partial charge in [-0.05, 0) is 61.9 Å². The molecule has 0 unspecified atom stereocenters. The summed E-state index contributed by atoms with van der Waals surface area (Å²) in [5.74, 6) is 0.788. The van der Waals surface area contributed by atoms with E-state index in [2.05, 4.69) is 38.6 Å². The summed E-state index contributed by atoms with van der Waals surface area (Å²) < 4.78 is 71.6. The Morgan fingerprint density at radius 3 is 1.74 bits per heavy atom. The predicted molar refractivity (Wildman–Crippen MR) is 264 cm³/mol. The largest absolute Gasteiger partial charge is 0.382 e. The molecular weight excluding hydrogens is 937 g/mol. The van der Waals surface area contributed by atoms with Crippen LogP contribution in [-0.4, -0.2) is 226 Å². The number of nitrogens with one attached hydrogen (secondary N) is 2. The number of carbonyl (C=O) groups excluding carboxylic acids is 3. The Morgan fingerprint density at radius 2 is 1.19 bits per heavy atom. The van der Waals surface area contributed by atoms with Crippen LogP contribution in [-0.2, 0) is 81.4 Å². The van der Waals surface area contributed by atoms with Crippen molar-refractivity contribution in [3.63, 3.8) is 0 Å². The molecule has 5 aliphatic heterocycles. The fraction of sp³-hybridized carbons (Fsp3) is 0.788. The summed E-state index contributed by atoms with van der Waals surface area (Å²) in [6, 6.07) is 6.64. The second-order valence-electron chi connectivity index (χ2n) is 18.8. The lowest BCUT2D eigenvalue weighted by atomic mass is 9.53. The average molecular weight is 1020 g/mol. The molecule has 1 aromatic rings. The molecule has 1 spiro atoms. The molecule has 2 N–H and O–H groups in total. The van der Waals surface area contributed by atoms with E-state index in [4.69, 9.17) is 61.6 Å². The van der Waals surface area contributed by atoms with Gasteiger partial charge in [0.1, 0.15) is 0 Å². The third kappa shape index (κ3) is 16.4.